The highest BCUT2D eigenvalue weighted by atomic mass is 19.4. The maximum atomic E-state index is 12.8. The number of hydrogen-bond donors (Lipinski definition) is 1. The summed E-state index contributed by atoms with van der Waals surface area (Å²) in [5.74, 6) is 0.0841. The van der Waals surface area contributed by atoms with Crippen LogP contribution in [0.25, 0.3) is 0 Å². The van der Waals surface area contributed by atoms with E-state index >= 15 is 0 Å². The number of aromatic nitrogens is 1. The summed E-state index contributed by atoms with van der Waals surface area (Å²) in [4.78, 5) is 13.8. The highest BCUT2D eigenvalue weighted by molar-refractivity contribution is 5.57. The van der Waals surface area contributed by atoms with Crippen LogP contribution in [0.4, 0.5) is 24.7 Å². The van der Waals surface area contributed by atoms with Gasteiger partial charge in [-0.15, -0.1) is 0 Å². The van der Waals surface area contributed by atoms with Crippen LogP contribution in [0.15, 0.2) is 12.1 Å². The maximum Gasteiger partial charge on any atom is 0.433 e. The van der Waals surface area contributed by atoms with Crippen LogP contribution in [0.5, 0.6) is 0 Å². The first-order chi connectivity index (χ1) is 10.5. The molecular weight excluding hydrogens is 311 g/mol. The Morgan fingerprint density at radius 1 is 1.35 bits per heavy atom. The van der Waals surface area contributed by atoms with Gasteiger partial charge in [0.05, 0.1) is 4.92 Å². The Morgan fingerprint density at radius 3 is 2.52 bits per heavy atom. The Kier molecular flexibility index (Phi) is 4.54. The highest BCUT2D eigenvalue weighted by Gasteiger charge is 2.36. The van der Waals surface area contributed by atoms with Gasteiger partial charge in [-0.2, -0.15) is 13.2 Å². The normalized spacial score (nSPS) is 24.3. The third-order valence-corrected chi connectivity index (χ3v) is 4.09. The molecule has 8 heteroatoms. The first-order valence-electron chi connectivity index (χ1n) is 7.47. The van der Waals surface area contributed by atoms with E-state index in [2.05, 4.69) is 31.1 Å². The van der Waals surface area contributed by atoms with Crippen LogP contribution in [0.3, 0.4) is 0 Å². The molecule has 2 rings (SSSR count). The maximum absolute atomic E-state index is 12.8. The fraction of sp³-hybridized carbons (Fsp3) is 0.667. The molecule has 1 aliphatic rings. The van der Waals surface area contributed by atoms with Gasteiger partial charge in [0.2, 0.25) is 5.82 Å². The van der Waals surface area contributed by atoms with Crippen molar-refractivity contribution in [2.24, 2.45) is 11.3 Å². The lowest BCUT2D eigenvalue weighted by Gasteiger charge is -2.39. The first-order valence-corrected chi connectivity index (χ1v) is 7.47. The van der Waals surface area contributed by atoms with E-state index in [1.165, 1.54) is 0 Å². The van der Waals surface area contributed by atoms with Crippen molar-refractivity contribution in [3.63, 3.8) is 0 Å². The second-order valence-corrected chi connectivity index (χ2v) is 7.07. The summed E-state index contributed by atoms with van der Waals surface area (Å²) < 4.78 is 38.4. The van der Waals surface area contributed by atoms with Crippen LogP contribution in [-0.4, -0.2) is 15.9 Å². The summed E-state index contributed by atoms with van der Waals surface area (Å²) in [5, 5.41) is 13.9. The molecule has 1 aliphatic carbocycles. The van der Waals surface area contributed by atoms with Crippen LogP contribution >= 0.6 is 0 Å². The molecule has 1 N–H and O–H groups in total. The molecule has 128 valence electrons. The molecule has 0 aliphatic heterocycles. The Morgan fingerprint density at radius 2 is 2.00 bits per heavy atom. The Bertz CT molecular complexity index is 602. The van der Waals surface area contributed by atoms with Crippen LogP contribution in [0.1, 0.15) is 45.7 Å². The van der Waals surface area contributed by atoms with Crippen LogP contribution in [-0.2, 0) is 6.18 Å². The largest absolute Gasteiger partial charge is 0.433 e. The van der Waals surface area contributed by atoms with Gasteiger partial charge in [0, 0.05) is 12.1 Å². The Hall–Kier alpha value is -1.86. The van der Waals surface area contributed by atoms with Crippen molar-refractivity contribution < 1.29 is 18.1 Å². The lowest BCUT2D eigenvalue weighted by Crippen LogP contribution is -2.36. The number of rotatable bonds is 3. The summed E-state index contributed by atoms with van der Waals surface area (Å²) in [6.45, 7) is 6.25. The summed E-state index contributed by atoms with van der Waals surface area (Å²) >= 11 is 0. The number of halogens is 3. The summed E-state index contributed by atoms with van der Waals surface area (Å²) in [6.07, 6.45) is -2.14. The minimum Gasteiger partial charge on any atom is -0.362 e. The van der Waals surface area contributed by atoms with E-state index in [1.807, 2.05) is 0 Å². The van der Waals surface area contributed by atoms with Crippen LogP contribution < -0.4 is 5.32 Å². The molecule has 23 heavy (non-hydrogen) atoms. The van der Waals surface area contributed by atoms with Gasteiger partial charge in [-0.1, -0.05) is 20.8 Å². The van der Waals surface area contributed by atoms with Gasteiger partial charge in [-0.25, -0.2) is 4.98 Å². The SMILES string of the molecule is C[C@H]1CC(Nc2nc(C(F)(F)F)ccc2[N+](=O)[O-])CC(C)(C)C1. The molecule has 0 spiro atoms. The fourth-order valence-corrected chi connectivity index (χ4v) is 3.51. The van der Waals surface area contributed by atoms with Crippen molar-refractivity contribution in [1.29, 1.82) is 0 Å². The quantitative estimate of drug-likeness (QED) is 0.647. The number of pyridine rings is 1. The zero-order valence-corrected chi connectivity index (χ0v) is 13.3. The molecule has 0 bridgehead atoms. The van der Waals surface area contributed by atoms with Gasteiger partial charge in [-0.05, 0) is 36.7 Å². The monoisotopic (exact) mass is 331 g/mol. The number of anilines is 1. The van der Waals surface area contributed by atoms with E-state index in [-0.39, 0.29) is 17.3 Å². The molecule has 1 fully saturated rings. The van der Waals surface area contributed by atoms with E-state index in [0.717, 1.165) is 25.3 Å². The van der Waals surface area contributed by atoms with Crippen molar-refractivity contribution in [2.75, 3.05) is 5.32 Å². The molecule has 1 unspecified atom stereocenters. The number of hydrogen-bond acceptors (Lipinski definition) is 4. The predicted molar refractivity (Wildman–Crippen MR) is 80.1 cm³/mol. The molecule has 2 atom stereocenters. The zero-order valence-electron chi connectivity index (χ0n) is 13.3. The standard InChI is InChI=1S/C15H20F3N3O2/c1-9-6-10(8-14(2,3)7-9)19-13-11(21(22)23)4-5-12(20-13)15(16,17)18/h4-5,9-10H,6-8H2,1-3H3,(H,19,20)/t9-,10?/m0/s1. The van der Waals surface area contributed by atoms with Gasteiger partial charge < -0.3 is 5.32 Å². The van der Waals surface area contributed by atoms with Crippen LogP contribution in [0.2, 0.25) is 0 Å². The van der Waals surface area contributed by atoms with Gasteiger partial charge in [0.15, 0.2) is 0 Å². The third kappa shape index (κ3) is 4.33. The topological polar surface area (TPSA) is 68.1 Å². The number of nitrogens with one attached hydrogen (secondary N) is 1. The van der Waals surface area contributed by atoms with E-state index in [9.17, 15) is 23.3 Å². The van der Waals surface area contributed by atoms with Gasteiger partial charge in [0.25, 0.3) is 0 Å². The summed E-state index contributed by atoms with van der Waals surface area (Å²) in [6, 6.07) is 1.36. The van der Waals surface area contributed by atoms with Crippen molar-refractivity contribution in [1.82, 2.24) is 4.98 Å². The number of nitrogens with zero attached hydrogens (tertiary/aromatic N) is 2. The van der Waals surface area contributed by atoms with Gasteiger partial charge in [0.1, 0.15) is 5.69 Å². The Balaban J connectivity index is 2.31. The minimum atomic E-state index is -4.63. The van der Waals surface area contributed by atoms with Gasteiger partial charge in [-0.3, -0.25) is 10.1 Å². The number of nitro groups is 1. The van der Waals surface area contributed by atoms with E-state index < -0.39 is 22.5 Å². The second-order valence-electron chi connectivity index (χ2n) is 7.07. The molecule has 1 saturated carbocycles. The molecule has 0 amide bonds. The third-order valence-electron chi connectivity index (χ3n) is 4.09. The first kappa shape index (κ1) is 17.5. The smallest absolute Gasteiger partial charge is 0.362 e. The predicted octanol–water partition coefficient (Wildman–Crippen LogP) is 4.64. The van der Waals surface area contributed by atoms with E-state index in [1.54, 1.807) is 0 Å². The second kappa shape index (κ2) is 5.98. The lowest BCUT2D eigenvalue weighted by atomic mass is 9.70. The lowest BCUT2D eigenvalue weighted by molar-refractivity contribution is -0.384. The molecular formula is C15H20F3N3O2. The van der Waals surface area contributed by atoms with E-state index in [4.69, 9.17) is 0 Å². The van der Waals surface area contributed by atoms with Crippen molar-refractivity contribution in [2.45, 2.75) is 52.3 Å². The van der Waals surface area contributed by atoms with Crippen LogP contribution in [0, 0.1) is 21.4 Å². The van der Waals surface area contributed by atoms with Crippen molar-refractivity contribution >= 4 is 11.5 Å². The molecule has 5 nitrogen and oxygen atoms in total. The summed E-state index contributed by atoms with van der Waals surface area (Å²) in [5.41, 5.74) is -1.53. The molecule has 0 radical (unpaired) electrons. The molecule has 1 aromatic heterocycles. The summed E-state index contributed by atoms with van der Waals surface area (Å²) in [7, 11) is 0. The van der Waals surface area contributed by atoms with Crippen molar-refractivity contribution in [3.8, 4) is 0 Å². The van der Waals surface area contributed by atoms with Crippen molar-refractivity contribution in [3.05, 3.63) is 27.9 Å². The minimum absolute atomic E-state index is 0.0335. The van der Waals surface area contributed by atoms with E-state index in [0.29, 0.717) is 12.0 Å². The number of alkyl halides is 3. The average molecular weight is 331 g/mol. The molecule has 1 heterocycles. The highest BCUT2D eigenvalue weighted by Crippen LogP contribution is 2.40. The molecule has 0 saturated heterocycles. The zero-order chi connectivity index (χ0) is 17.4. The average Bonchev–Trinajstić information content (AvgIpc) is 2.34. The van der Waals surface area contributed by atoms with Gasteiger partial charge >= 0.3 is 11.9 Å². The Labute approximate surface area is 132 Å². The molecule has 0 aromatic carbocycles. The molecule has 1 aromatic rings. The fourth-order valence-electron chi connectivity index (χ4n) is 3.51.